The number of phosphoric acid groups is 1. The Morgan fingerprint density at radius 3 is 2.50 bits per heavy atom. The number of piperazine rings is 1. The summed E-state index contributed by atoms with van der Waals surface area (Å²) in [6.45, 7) is 9.25. The molecule has 2 aromatic heterocycles. The van der Waals surface area contributed by atoms with Crippen molar-refractivity contribution < 1.29 is 51.3 Å². The molecular formula is C30H39IN3O6PS. The number of thiophene rings is 1. The van der Waals surface area contributed by atoms with Crippen LogP contribution in [0.3, 0.4) is 0 Å². The van der Waals surface area contributed by atoms with Crippen molar-refractivity contribution in [2.45, 2.75) is 26.7 Å². The predicted octanol–water partition coefficient (Wildman–Crippen LogP) is 3.40. The van der Waals surface area contributed by atoms with E-state index < -0.39 is 7.82 Å². The first-order valence-corrected chi connectivity index (χ1v) is 16.6. The Morgan fingerprint density at radius 2 is 1.74 bits per heavy atom. The van der Waals surface area contributed by atoms with Crippen LogP contribution in [0.1, 0.15) is 26.7 Å². The number of aromatic amines is 1. The predicted molar refractivity (Wildman–Crippen MR) is 165 cm³/mol. The van der Waals surface area contributed by atoms with Crippen molar-refractivity contribution in [3.8, 4) is 5.75 Å². The summed E-state index contributed by atoms with van der Waals surface area (Å²) in [7, 11) is -3.61. The van der Waals surface area contributed by atoms with Gasteiger partial charge in [-0.2, -0.15) is 0 Å². The lowest BCUT2D eigenvalue weighted by Gasteiger charge is -2.45. The molecule has 0 radical (unpaired) electrons. The lowest BCUT2D eigenvalue weighted by molar-refractivity contribution is -0.943. The molecule has 0 amide bonds. The third kappa shape index (κ3) is 8.13. The second kappa shape index (κ2) is 15.1. The number of pyridine rings is 1. The number of benzene rings is 2. The van der Waals surface area contributed by atoms with Crippen molar-refractivity contribution in [3.05, 3.63) is 70.3 Å². The van der Waals surface area contributed by atoms with E-state index in [0.717, 1.165) is 62.2 Å². The molecule has 1 saturated heterocycles. The molecule has 0 bridgehead atoms. The van der Waals surface area contributed by atoms with Gasteiger partial charge in [0.25, 0.3) is 0 Å². The molecule has 42 heavy (non-hydrogen) atoms. The average Bonchev–Trinajstić information content (AvgIpc) is 3.46. The molecular weight excluding hydrogens is 688 g/mol. The maximum atomic E-state index is 13.1. The minimum Gasteiger partial charge on any atom is -1.00 e. The summed E-state index contributed by atoms with van der Waals surface area (Å²) in [5.74, 6) is 0.733. The number of hydrogen-bond acceptors (Lipinski definition) is 8. The quantitative estimate of drug-likeness (QED) is 0.0923. The fourth-order valence-electron chi connectivity index (χ4n) is 5.38. The normalized spacial score (nSPS) is 15.1. The van der Waals surface area contributed by atoms with E-state index >= 15 is 0 Å². The highest BCUT2D eigenvalue weighted by atomic mass is 127. The molecule has 228 valence electrons. The number of anilines is 1. The molecule has 0 aliphatic carbocycles. The van der Waals surface area contributed by atoms with E-state index in [0.29, 0.717) is 11.1 Å². The molecule has 0 spiro atoms. The minimum absolute atomic E-state index is 0. The molecule has 12 heteroatoms. The van der Waals surface area contributed by atoms with Crippen LogP contribution >= 0.6 is 19.2 Å². The highest BCUT2D eigenvalue weighted by molar-refractivity contribution is 7.48. The molecule has 3 heterocycles. The van der Waals surface area contributed by atoms with Gasteiger partial charge in [-0.05, 0) is 73.9 Å². The van der Waals surface area contributed by atoms with Gasteiger partial charge < -0.3 is 38.6 Å². The van der Waals surface area contributed by atoms with Gasteiger partial charge in [0, 0.05) is 27.9 Å². The lowest BCUT2D eigenvalue weighted by atomic mass is 10.1. The van der Waals surface area contributed by atoms with Gasteiger partial charge in [-0.3, -0.25) is 18.3 Å². The van der Waals surface area contributed by atoms with Crippen molar-refractivity contribution in [1.29, 1.82) is 0 Å². The molecule has 2 aromatic carbocycles. The van der Waals surface area contributed by atoms with Crippen molar-refractivity contribution in [3.63, 3.8) is 0 Å². The van der Waals surface area contributed by atoms with Gasteiger partial charge in [0.05, 0.1) is 58.1 Å². The summed E-state index contributed by atoms with van der Waals surface area (Å²) >= 11 is 1.76. The summed E-state index contributed by atoms with van der Waals surface area (Å²) < 4.78 is 37.9. The molecule has 0 atom stereocenters. The fourth-order valence-corrected chi connectivity index (χ4v) is 7.43. The van der Waals surface area contributed by atoms with Crippen LogP contribution < -0.4 is 39.2 Å². The summed E-state index contributed by atoms with van der Waals surface area (Å²) in [4.78, 5) is 17.0. The highest BCUT2D eigenvalue weighted by Crippen LogP contribution is 2.49. The van der Waals surface area contributed by atoms with Crippen LogP contribution in [0.15, 0.2) is 64.8 Å². The van der Waals surface area contributed by atoms with Crippen LogP contribution in [-0.2, 0) is 18.1 Å². The summed E-state index contributed by atoms with van der Waals surface area (Å²) in [6.07, 6.45) is 1.78. The number of hydrogen-bond donors (Lipinski definition) is 1. The second-order valence-electron chi connectivity index (χ2n) is 10.3. The van der Waals surface area contributed by atoms with Crippen LogP contribution in [0.2, 0.25) is 0 Å². The number of nitrogens with one attached hydrogen (secondary N) is 1. The Labute approximate surface area is 267 Å². The van der Waals surface area contributed by atoms with Crippen LogP contribution in [0, 0.1) is 0 Å². The van der Waals surface area contributed by atoms with Gasteiger partial charge in [0.1, 0.15) is 5.75 Å². The van der Waals surface area contributed by atoms with Crippen molar-refractivity contribution in [2.24, 2.45) is 0 Å². The maximum Gasteiger partial charge on any atom is 0.479 e. The summed E-state index contributed by atoms with van der Waals surface area (Å²) in [5.41, 5.74) is 1.90. The number of quaternary nitrogens is 1. The highest BCUT2D eigenvalue weighted by Gasteiger charge is 2.37. The number of unbranched alkanes of at least 4 members (excludes halogenated alkanes) is 1. The molecule has 1 aliphatic rings. The number of rotatable bonds is 14. The van der Waals surface area contributed by atoms with E-state index in [9.17, 15) is 9.36 Å². The molecule has 1 N–H and O–H groups in total. The van der Waals surface area contributed by atoms with Crippen LogP contribution in [0.25, 0.3) is 21.0 Å². The SMILES string of the molecule is CCOP(=O)(OCC)OC[N+]1(CCCCOc2ccc3ccc(=O)[nH]c3c2)CCN(c2cccc3sccc23)CC1.[I-]. The standard InChI is InChI=1S/C30H38N3O6PS.HI/c1-3-37-40(35,38-4-2)39-23-33(18-15-32(16-19-33)28-8-7-9-29-26(28)14-21-41-29)17-5-6-20-36-25-12-10-24-11-13-30(34)31-27(24)22-25;/h7-14,21-22H,3-6,15-20,23H2,1-2H3;1H. The van der Waals surface area contributed by atoms with Crippen LogP contribution in [-0.4, -0.2) is 68.7 Å². The molecule has 4 aromatic rings. The Kier molecular flexibility index (Phi) is 11.9. The number of halogens is 1. The van der Waals surface area contributed by atoms with Gasteiger partial charge >= 0.3 is 7.82 Å². The Morgan fingerprint density at radius 1 is 0.976 bits per heavy atom. The third-order valence-corrected chi connectivity index (χ3v) is 10.0. The molecule has 0 unspecified atom stereocenters. The zero-order valence-electron chi connectivity index (χ0n) is 24.1. The lowest BCUT2D eigenvalue weighted by Crippen LogP contribution is -3.00. The Bertz CT molecular complexity index is 1540. The first-order chi connectivity index (χ1) is 19.9. The Balaban J connectivity index is 0.00000405. The second-order valence-corrected chi connectivity index (χ2v) is 12.9. The maximum absolute atomic E-state index is 13.1. The number of H-pyrrole nitrogens is 1. The number of phosphoric ester groups is 1. The number of aromatic nitrogens is 1. The van der Waals surface area contributed by atoms with Gasteiger partial charge in [-0.1, -0.05) is 6.07 Å². The first-order valence-electron chi connectivity index (χ1n) is 14.3. The minimum atomic E-state index is -3.61. The topological polar surface area (TPSA) is 90.1 Å². The van der Waals surface area contributed by atoms with E-state index in [-0.39, 0.29) is 49.5 Å². The zero-order chi connectivity index (χ0) is 28.7. The van der Waals surface area contributed by atoms with Crippen LogP contribution in [0.5, 0.6) is 5.75 Å². The number of ether oxygens (including phenoxy) is 1. The third-order valence-electron chi connectivity index (χ3n) is 7.56. The van der Waals surface area contributed by atoms with Crippen LogP contribution in [0.4, 0.5) is 5.69 Å². The number of fused-ring (bicyclic) bond motifs is 2. The summed E-state index contributed by atoms with van der Waals surface area (Å²) in [6, 6.07) is 17.8. The molecule has 0 saturated carbocycles. The fraction of sp³-hybridized carbons (Fsp3) is 0.433. The van der Waals surface area contributed by atoms with E-state index in [1.165, 1.54) is 21.8 Å². The first kappa shape index (κ1) is 32.9. The van der Waals surface area contributed by atoms with Gasteiger partial charge in [0.2, 0.25) is 5.56 Å². The largest absolute Gasteiger partial charge is 1.00 e. The zero-order valence-corrected chi connectivity index (χ0v) is 28.0. The monoisotopic (exact) mass is 727 g/mol. The van der Waals surface area contributed by atoms with Crippen molar-refractivity contribution in [1.82, 2.24) is 4.98 Å². The molecule has 9 nitrogen and oxygen atoms in total. The summed E-state index contributed by atoms with van der Waals surface area (Å²) in [5, 5.41) is 4.40. The molecule has 5 rings (SSSR count). The average molecular weight is 728 g/mol. The van der Waals surface area contributed by atoms with E-state index in [1.54, 1.807) is 31.3 Å². The van der Waals surface area contributed by atoms with E-state index in [2.05, 4.69) is 39.5 Å². The molecule has 1 aliphatic heterocycles. The van der Waals surface area contributed by atoms with Gasteiger partial charge in [-0.25, -0.2) is 9.09 Å². The Hall–Kier alpha value is -1.99. The smallest absolute Gasteiger partial charge is 0.479 e. The molecule has 1 fully saturated rings. The number of nitrogens with zero attached hydrogens (tertiary/aromatic N) is 2. The van der Waals surface area contributed by atoms with E-state index in [1.807, 2.05) is 18.2 Å². The van der Waals surface area contributed by atoms with Crippen molar-refractivity contribution >= 4 is 45.8 Å². The van der Waals surface area contributed by atoms with Gasteiger partial charge in [0.15, 0.2) is 6.73 Å². The van der Waals surface area contributed by atoms with Crippen molar-refractivity contribution in [2.75, 3.05) is 64.2 Å². The van der Waals surface area contributed by atoms with Gasteiger partial charge in [-0.15, -0.1) is 11.3 Å². The van der Waals surface area contributed by atoms with E-state index in [4.69, 9.17) is 18.3 Å².